The first-order valence-electron chi connectivity index (χ1n) is 6.66. The largest absolute Gasteiger partial charge is 0.326 e. The average Bonchev–Trinajstić information content (AvgIpc) is 2.78. The van der Waals surface area contributed by atoms with Crippen molar-refractivity contribution in [2.45, 2.75) is 38.8 Å². The number of imidazole rings is 1. The minimum absolute atomic E-state index is 0.0270. The topological polar surface area (TPSA) is 43.8 Å². The summed E-state index contributed by atoms with van der Waals surface area (Å²) in [6.07, 6.45) is 5.95. The van der Waals surface area contributed by atoms with Crippen molar-refractivity contribution < 1.29 is 0 Å². The smallest absolute Gasteiger partial charge is 0.109 e. The zero-order valence-corrected chi connectivity index (χ0v) is 13.0. The number of nitrogens with two attached hydrogens (primary N) is 1. The molecule has 0 spiro atoms. The van der Waals surface area contributed by atoms with E-state index in [1.807, 2.05) is 31.5 Å². The van der Waals surface area contributed by atoms with E-state index < -0.39 is 0 Å². The van der Waals surface area contributed by atoms with E-state index in [-0.39, 0.29) is 12.1 Å². The predicted octanol–water partition coefficient (Wildman–Crippen LogP) is 3.53. The lowest BCUT2D eigenvalue weighted by Crippen LogP contribution is -2.31. The van der Waals surface area contributed by atoms with Crippen molar-refractivity contribution in [3.05, 3.63) is 52.5 Å². The van der Waals surface area contributed by atoms with Crippen LogP contribution in [-0.4, -0.2) is 15.6 Å². The first kappa shape index (κ1) is 14.3. The Morgan fingerprint density at radius 2 is 2.21 bits per heavy atom. The SMILES string of the molecule is CCCc1nccn1C(c1cccc(Br)c1)C(C)N. The first-order valence-corrected chi connectivity index (χ1v) is 7.45. The van der Waals surface area contributed by atoms with Crippen molar-refractivity contribution >= 4 is 15.9 Å². The first-order chi connectivity index (χ1) is 9.13. The molecule has 19 heavy (non-hydrogen) atoms. The number of nitrogens with zero attached hydrogens (tertiary/aromatic N) is 2. The van der Waals surface area contributed by atoms with Gasteiger partial charge in [-0.1, -0.05) is 35.0 Å². The molecular weight excluding hydrogens is 302 g/mol. The van der Waals surface area contributed by atoms with Gasteiger partial charge in [0.25, 0.3) is 0 Å². The summed E-state index contributed by atoms with van der Waals surface area (Å²) in [5.41, 5.74) is 7.42. The highest BCUT2D eigenvalue weighted by Gasteiger charge is 2.20. The van der Waals surface area contributed by atoms with Gasteiger partial charge in [0.1, 0.15) is 5.82 Å². The highest BCUT2D eigenvalue weighted by Crippen LogP contribution is 2.25. The number of aryl methyl sites for hydroxylation is 1. The van der Waals surface area contributed by atoms with Crippen LogP contribution in [0.4, 0.5) is 0 Å². The highest BCUT2D eigenvalue weighted by molar-refractivity contribution is 9.10. The molecule has 2 aromatic rings. The Labute approximate surface area is 123 Å². The molecule has 0 radical (unpaired) electrons. The van der Waals surface area contributed by atoms with Gasteiger partial charge in [-0.25, -0.2) is 4.98 Å². The summed E-state index contributed by atoms with van der Waals surface area (Å²) in [5.74, 6) is 1.10. The van der Waals surface area contributed by atoms with Crippen LogP contribution >= 0.6 is 15.9 Å². The Kier molecular flexibility index (Phi) is 4.77. The van der Waals surface area contributed by atoms with Gasteiger partial charge < -0.3 is 10.3 Å². The molecule has 0 fully saturated rings. The molecule has 2 atom stereocenters. The Bertz CT molecular complexity index is 534. The molecule has 0 aliphatic rings. The van der Waals surface area contributed by atoms with E-state index in [4.69, 9.17) is 5.73 Å². The minimum atomic E-state index is 0.0270. The number of benzene rings is 1. The van der Waals surface area contributed by atoms with Gasteiger partial charge in [0.05, 0.1) is 6.04 Å². The van der Waals surface area contributed by atoms with E-state index in [9.17, 15) is 0 Å². The maximum absolute atomic E-state index is 6.21. The summed E-state index contributed by atoms with van der Waals surface area (Å²) in [6, 6.07) is 8.48. The molecule has 1 aromatic heterocycles. The lowest BCUT2D eigenvalue weighted by Gasteiger charge is -2.25. The standard InChI is InChI=1S/C15H20BrN3/c1-3-5-14-18-8-9-19(14)15(11(2)17)12-6-4-7-13(16)10-12/h4,6-11,15H,3,5,17H2,1-2H3. The highest BCUT2D eigenvalue weighted by atomic mass is 79.9. The molecule has 0 bridgehead atoms. The quantitative estimate of drug-likeness (QED) is 0.915. The number of rotatable bonds is 5. The lowest BCUT2D eigenvalue weighted by molar-refractivity contribution is 0.478. The van der Waals surface area contributed by atoms with Crippen LogP contribution in [0.2, 0.25) is 0 Å². The molecule has 0 amide bonds. The van der Waals surface area contributed by atoms with Crippen LogP contribution in [0.1, 0.15) is 37.7 Å². The van der Waals surface area contributed by atoms with E-state index in [1.165, 1.54) is 5.56 Å². The third-order valence-corrected chi connectivity index (χ3v) is 3.70. The Morgan fingerprint density at radius 3 is 2.84 bits per heavy atom. The van der Waals surface area contributed by atoms with E-state index >= 15 is 0 Å². The molecule has 4 heteroatoms. The van der Waals surface area contributed by atoms with Crippen LogP contribution in [-0.2, 0) is 6.42 Å². The monoisotopic (exact) mass is 321 g/mol. The Hall–Kier alpha value is -1.13. The lowest BCUT2D eigenvalue weighted by atomic mass is 10.0. The van der Waals surface area contributed by atoms with Gasteiger partial charge in [0, 0.05) is 29.3 Å². The summed E-state index contributed by atoms with van der Waals surface area (Å²) in [4.78, 5) is 4.45. The molecule has 3 nitrogen and oxygen atoms in total. The maximum atomic E-state index is 6.21. The van der Waals surface area contributed by atoms with Gasteiger partial charge >= 0.3 is 0 Å². The van der Waals surface area contributed by atoms with Crippen molar-refractivity contribution in [1.82, 2.24) is 9.55 Å². The molecule has 0 saturated heterocycles. The van der Waals surface area contributed by atoms with Crippen LogP contribution in [0.5, 0.6) is 0 Å². The molecule has 0 aliphatic carbocycles. The fourth-order valence-corrected chi connectivity index (χ4v) is 2.84. The van der Waals surface area contributed by atoms with Crippen LogP contribution in [0.3, 0.4) is 0 Å². The van der Waals surface area contributed by atoms with E-state index in [0.29, 0.717) is 0 Å². The predicted molar refractivity (Wildman–Crippen MR) is 82.2 cm³/mol. The number of hydrogen-bond acceptors (Lipinski definition) is 2. The van der Waals surface area contributed by atoms with Gasteiger partial charge in [-0.2, -0.15) is 0 Å². The van der Waals surface area contributed by atoms with Crippen LogP contribution in [0.25, 0.3) is 0 Å². The molecular formula is C15H20BrN3. The summed E-state index contributed by atoms with van der Waals surface area (Å²) in [7, 11) is 0. The van der Waals surface area contributed by atoms with Crippen molar-refractivity contribution in [3.63, 3.8) is 0 Å². The maximum Gasteiger partial charge on any atom is 0.109 e. The van der Waals surface area contributed by atoms with Gasteiger partial charge in [0.15, 0.2) is 0 Å². The fraction of sp³-hybridized carbons (Fsp3) is 0.400. The van der Waals surface area contributed by atoms with Crippen molar-refractivity contribution in [2.24, 2.45) is 5.73 Å². The van der Waals surface area contributed by atoms with Gasteiger partial charge in [-0.15, -0.1) is 0 Å². The third kappa shape index (κ3) is 3.25. The third-order valence-electron chi connectivity index (χ3n) is 3.21. The van der Waals surface area contributed by atoms with Gasteiger partial charge in [-0.05, 0) is 31.0 Å². The van der Waals surface area contributed by atoms with Gasteiger partial charge in [0.2, 0.25) is 0 Å². The summed E-state index contributed by atoms with van der Waals surface area (Å²) in [6.45, 7) is 4.21. The number of hydrogen-bond donors (Lipinski definition) is 1. The second kappa shape index (κ2) is 6.35. The second-order valence-corrected chi connectivity index (χ2v) is 5.78. The number of halogens is 1. The molecule has 1 aromatic carbocycles. The zero-order chi connectivity index (χ0) is 13.8. The molecule has 0 aliphatic heterocycles. The van der Waals surface area contributed by atoms with E-state index in [0.717, 1.165) is 23.1 Å². The molecule has 2 N–H and O–H groups in total. The summed E-state index contributed by atoms with van der Waals surface area (Å²) < 4.78 is 3.28. The van der Waals surface area contributed by atoms with Crippen molar-refractivity contribution in [2.75, 3.05) is 0 Å². The van der Waals surface area contributed by atoms with Crippen molar-refractivity contribution in [3.8, 4) is 0 Å². The molecule has 0 saturated carbocycles. The molecule has 2 rings (SSSR count). The van der Waals surface area contributed by atoms with Crippen LogP contribution in [0.15, 0.2) is 41.1 Å². The second-order valence-electron chi connectivity index (χ2n) is 4.86. The van der Waals surface area contributed by atoms with Gasteiger partial charge in [-0.3, -0.25) is 0 Å². The zero-order valence-electron chi connectivity index (χ0n) is 11.4. The Morgan fingerprint density at radius 1 is 1.42 bits per heavy atom. The normalized spacial score (nSPS) is 14.3. The molecule has 1 heterocycles. The molecule has 2 unspecified atom stereocenters. The fourth-order valence-electron chi connectivity index (χ4n) is 2.42. The van der Waals surface area contributed by atoms with Crippen molar-refractivity contribution in [1.29, 1.82) is 0 Å². The summed E-state index contributed by atoms with van der Waals surface area (Å²) >= 11 is 3.53. The average molecular weight is 322 g/mol. The van der Waals surface area contributed by atoms with E-state index in [2.05, 4.69) is 44.5 Å². The molecule has 102 valence electrons. The van der Waals surface area contributed by atoms with Crippen LogP contribution < -0.4 is 5.73 Å². The van der Waals surface area contributed by atoms with Crippen LogP contribution in [0, 0.1) is 0 Å². The minimum Gasteiger partial charge on any atom is -0.326 e. The van der Waals surface area contributed by atoms with E-state index in [1.54, 1.807) is 0 Å². The summed E-state index contributed by atoms with van der Waals surface area (Å²) in [5, 5.41) is 0. The number of aromatic nitrogens is 2. The Balaban J connectivity index is 2.43.